The maximum Gasteiger partial charge on any atom is 0.124 e. The molecule has 0 atom stereocenters. The van der Waals surface area contributed by atoms with Crippen LogP contribution in [-0.2, 0) is 6.54 Å². The molecule has 0 heterocycles. The van der Waals surface area contributed by atoms with Gasteiger partial charge in [0.05, 0.1) is 6.61 Å². The number of unbranched alkanes of at least 4 members (excludes halogenated alkanes) is 1. The Bertz CT molecular complexity index is 534. The molecule has 0 radical (unpaired) electrons. The summed E-state index contributed by atoms with van der Waals surface area (Å²) in [6.45, 7) is 4.91. The Morgan fingerprint density at radius 3 is 2.78 bits per heavy atom. The summed E-state index contributed by atoms with van der Waals surface area (Å²) in [6.07, 6.45) is 3.87. The predicted molar refractivity (Wildman–Crippen MR) is 76.8 cm³/mol. The van der Waals surface area contributed by atoms with Gasteiger partial charge in [0.25, 0.3) is 0 Å². The van der Waals surface area contributed by atoms with Crippen LogP contribution in [0.25, 0.3) is 10.8 Å². The third kappa shape index (κ3) is 2.71. The number of fused-ring (bicyclic) bond motifs is 1. The van der Waals surface area contributed by atoms with E-state index in [1.54, 1.807) is 0 Å². The fraction of sp³-hybridized carbons (Fsp3) is 0.250. The van der Waals surface area contributed by atoms with Crippen molar-refractivity contribution in [3.63, 3.8) is 0 Å². The van der Waals surface area contributed by atoms with E-state index in [4.69, 9.17) is 10.5 Å². The van der Waals surface area contributed by atoms with Gasteiger partial charge in [-0.25, -0.2) is 0 Å². The van der Waals surface area contributed by atoms with E-state index in [9.17, 15) is 0 Å². The standard InChI is InChI=1S/C16H19NO/c1-2-3-6-11-18-16-10-9-13-7-4-5-8-14(13)15(16)12-17/h2,4-5,7-10H,1,3,6,11-12,17H2. The van der Waals surface area contributed by atoms with Gasteiger partial charge in [-0.1, -0.05) is 36.4 Å². The fourth-order valence-electron chi connectivity index (χ4n) is 2.07. The number of nitrogens with two attached hydrogens (primary N) is 1. The van der Waals surface area contributed by atoms with Gasteiger partial charge in [-0.15, -0.1) is 6.58 Å². The summed E-state index contributed by atoms with van der Waals surface area (Å²) < 4.78 is 5.81. The molecule has 0 unspecified atom stereocenters. The van der Waals surface area contributed by atoms with Crippen molar-refractivity contribution in [2.45, 2.75) is 19.4 Å². The molecular formula is C16H19NO. The van der Waals surface area contributed by atoms with E-state index < -0.39 is 0 Å². The average molecular weight is 241 g/mol. The minimum Gasteiger partial charge on any atom is -0.493 e. The van der Waals surface area contributed by atoms with E-state index in [1.165, 1.54) is 10.8 Å². The van der Waals surface area contributed by atoms with Crippen molar-refractivity contribution in [2.24, 2.45) is 5.73 Å². The molecule has 2 aromatic rings. The molecule has 0 aliphatic heterocycles. The van der Waals surface area contributed by atoms with Crippen molar-refractivity contribution in [1.29, 1.82) is 0 Å². The highest BCUT2D eigenvalue weighted by molar-refractivity contribution is 5.87. The average Bonchev–Trinajstić information content (AvgIpc) is 2.43. The van der Waals surface area contributed by atoms with E-state index in [2.05, 4.69) is 24.8 Å². The molecule has 2 N–H and O–H groups in total. The summed E-state index contributed by atoms with van der Waals surface area (Å²) >= 11 is 0. The number of allylic oxidation sites excluding steroid dienone is 1. The Hall–Kier alpha value is -1.80. The normalized spacial score (nSPS) is 10.5. The van der Waals surface area contributed by atoms with E-state index in [0.29, 0.717) is 13.2 Å². The first-order valence-electron chi connectivity index (χ1n) is 6.31. The van der Waals surface area contributed by atoms with E-state index in [0.717, 1.165) is 24.2 Å². The van der Waals surface area contributed by atoms with Gasteiger partial charge in [0, 0.05) is 12.1 Å². The van der Waals surface area contributed by atoms with Gasteiger partial charge in [0.1, 0.15) is 5.75 Å². The lowest BCUT2D eigenvalue weighted by atomic mass is 10.0. The van der Waals surface area contributed by atoms with Crippen LogP contribution in [0.3, 0.4) is 0 Å². The van der Waals surface area contributed by atoms with Crippen LogP contribution in [0.2, 0.25) is 0 Å². The fourth-order valence-corrected chi connectivity index (χ4v) is 2.07. The summed E-state index contributed by atoms with van der Waals surface area (Å²) in [5.41, 5.74) is 6.94. The van der Waals surface area contributed by atoms with Crippen LogP contribution in [0.1, 0.15) is 18.4 Å². The topological polar surface area (TPSA) is 35.2 Å². The lowest BCUT2D eigenvalue weighted by Gasteiger charge is -2.12. The van der Waals surface area contributed by atoms with Crippen molar-refractivity contribution in [3.05, 3.63) is 54.6 Å². The summed E-state index contributed by atoms with van der Waals surface area (Å²) in [4.78, 5) is 0. The van der Waals surface area contributed by atoms with E-state index >= 15 is 0 Å². The van der Waals surface area contributed by atoms with Gasteiger partial charge in [-0.2, -0.15) is 0 Å². The molecule has 2 nitrogen and oxygen atoms in total. The number of ether oxygens (including phenoxy) is 1. The van der Waals surface area contributed by atoms with Gasteiger partial charge in [-0.05, 0) is 29.7 Å². The number of hydrogen-bond donors (Lipinski definition) is 1. The zero-order valence-electron chi connectivity index (χ0n) is 10.6. The molecule has 0 aliphatic carbocycles. The molecule has 0 aromatic heterocycles. The zero-order valence-corrected chi connectivity index (χ0v) is 10.6. The monoisotopic (exact) mass is 241 g/mol. The van der Waals surface area contributed by atoms with Crippen LogP contribution >= 0.6 is 0 Å². The maximum absolute atomic E-state index is 5.85. The Morgan fingerprint density at radius 2 is 2.00 bits per heavy atom. The highest BCUT2D eigenvalue weighted by Gasteiger charge is 2.06. The Kier molecular flexibility index (Phi) is 4.37. The highest BCUT2D eigenvalue weighted by atomic mass is 16.5. The van der Waals surface area contributed by atoms with Gasteiger partial charge < -0.3 is 10.5 Å². The molecule has 94 valence electrons. The van der Waals surface area contributed by atoms with Crippen molar-refractivity contribution in [3.8, 4) is 5.75 Å². The van der Waals surface area contributed by atoms with Crippen LogP contribution in [0.4, 0.5) is 0 Å². The smallest absolute Gasteiger partial charge is 0.124 e. The van der Waals surface area contributed by atoms with Crippen molar-refractivity contribution in [2.75, 3.05) is 6.61 Å². The van der Waals surface area contributed by atoms with Crippen LogP contribution in [0, 0.1) is 0 Å². The summed E-state index contributed by atoms with van der Waals surface area (Å²) in [6, 6.07) is 12.3. The first kappa shape index (κ1) is 12.7. The molecule has 2 aromatic carbocycles. The minimum absolute atomic E-state index is 0.498. The molecule has 0 amide bonds. The Labute approximate surface area is 108 Å². The molecule has 2 rings (SSSR count). The first-order valence-corrected chi connectivity index (χ1v) is 6.31. The Balaban J connectivity index is 2.24. The predicted octanol–water partition coefficient (Wildman–Crippen LogP) is 3.64. The molecule has 0 aliphatic rings. The van der Waals surface area contributed by atoms with Crippen LogP contribution in [-0.4, -0.2) is 6.61 Å². The third-order valence-corrected chi connectivity index (χ3v) is 3.01. The van der Waals surface area contributed by atoms with Crippen molar-refractivity contribution < 1.29 is 4.74 Å². The zero-order chi connectivity index (χ0) is 12.8. The number of rotatable bonds is 6. The molecule has 0 bridgehead atoms. The molecule has 0 saturated carbocycles. The second kappa shape index (κ2) is 6.22. The largest absolute Gasteiger partial charge is 0.493 e. The summed E-state index contributed by atoms with van der Waals surface area (Å²) in [7, 11) is 0. The second-order valence-electron chi connectivity index (χ2n) is 4.25. The lowest BCUT2D eigenvalue weighted by Crippen LogP contribution is -2.04. The highest BCUT2D eigenvalue weighted by Crippen LogP contribution is 2.27. The van der Waals surface area contributed by atoms with Gasteiger partial charge in [0.15, 0.2) is 0 Å². The Morgan fingerprint density at radius 1 is 1.17 bits per heavy atom. The molecule has 0 spiro atoms. The lowest BCUT2D eigenvalue weighted by molar-refractivity contribution is 0.309. The van der Waals surface area contributed by atoms with Crippen LogP contribution < -0.4 is 10.5 Å². The number of hydrogen-bond acceptors (Lipinski definition) is 2. The van der Waals surface area contributed by atoms with Crippen LogP contribution in [0.15, 0.2) is 49.1 Å². The third-order valence-electron chi connectivity index (χ3n) is 3.01. The van der Waals surface area contributed by atoms with Gasteiger partial charge in [0.2, 0.25) is 0 Å². The molecular weight excluding hydrogens is 222 g/mol. The summed E-state index contributed by atoms with van der Waals surface area (Å²) in [5, 5.41) is 2.39. The molecule has 0 fully saturated rings. The van der Waals surface area contributed by atoms with Gasteiger partial charge in [-0.3, -0.25) is 0 Å². The minimum atomic E-state index is 0.498. The molecule has 18 heavy (non-hydrogen) atoms. The second-order valence-corrected chi connectivity index (χ2v) is 4.25. The van der Waals surface area contributed by atoms with E-state index in [-0.39, 0.29) is 0 Å². The first-order chi connectivity index (χ1) is 8.86. The number of benzene rings is 2. The van der Waals surface area contributed by atoms with Crippen LogP contribution in [0.5, 0.6) is 5.75 Å². The molecule has 0 saturated heterocycles. The maximum atomic E-state index is 5.85. The quantitative estimate of drug-likeness (QED) is 0.619. The summed E-state index contributed by atoms with van der Waals surface area (Å²) in [5.74, 6) is 0.903. The van der Waals surface area contributed by atoms with Gasteiger partial charge >= 0.3 is 0 Å². The SMILES string of the molecule is C=CCCCOc1ccc2ccccc2c1CN. The van der Waals surface area contributed by atoms with E-state index in [1.807, 2.05) is 24.3 Å². The molecule has 2 heteroatoms. The van der Waals surface area contributed by atoms with Crippen molar-refractivity contribution in [1.82, 2.24) is 0 Å². The van der Waals surface area contributed by atoms with Crippen molar-refractivity contribution >= 4 is 10.8 Å².